The summed E-state index contributed by atoms with van der Waals surface area (Å²) in [6.07, 6.45) is -5.02. The lowest BCUT2D eigenvalue weighted by Gasteiger charge is -2.16. The van der Waals surface area contributed by atoms with Crippen LogP contribution in [0.25, 0.3) is 22.2 Å². The first kappa shape index (κ1) is 18.7. The molecule has 0 radical (unpaired) electrons. The summed E-state index contributed by atoms with van der Waals surface area (Å²) < 4.78 is 54.4. The Hall–Kier alpha value is -3.62. The van der Waals surface area contributed by atoms with Crippen molar-refractivity contribution in [3.8, 4) is 17.0 Å². The van der Waals surface area contributed by atoms with E-state index in [2.05, 4.69) is 25.0 Å². The summed E-state index contributed by atoms with van der Waals surface area (Å²) in [4.78, 5) is 11.8. The number of H-pyrrole nitrogens is 1. The SMILES string of the molecule is FC(F)C(F)(F)Oc1ccc(Nc2nccc(-c3c[nH]c4ccccc34)n2)cc1. The maximum atomic E-state index is 13.0. The maximum Gasteiger partial charge on any atom is 0.461 e. The molecule has 0 bridgehead atoms. The molecular weight excluding hydrogens is 388 g/mol. The number of halogens is 4. The zero-order valence-corrected chi connectivity index (χ0v) is 14.7. The summed E-state index contributed by atoms with van der Waals surface area (Å²) in [6, 6.07) is 14.7. The molecule has 2 aromatic heterocycles. The molecule has 2 heterocycles. The zero-order valence-electron chi connectivity index (χ0n) is 14.7. The predicted octanol–water partition coefficient (Wildman–Crippen LogP) is 5.61. The standard InChI is InChI=1S/C20H14F4N4O/c21-18(22)20(23,24)29-13-7-5-12(6-8-13)27-19-25-10-9-17(28-19)15-11-26-16-4-2-1-3-14(15)16/h1-11,18,26H,(H,25,27,28). The molecule has 0 fully saturated rings. The van der Waals surface area contributed by atoms with Gasteiger partial charge in [0.2, 0.25) is 5.95 Å². The van der Waals surface area contributed by atoms with Crippen molar-refractivity contribution in [1.82, 2.24) is 15.0 Å². The predicted molar refractivity (Wildman–Crippen MR) is 101 cm³/mol. The molecule has 5 nitrogen and oxygen atoms in total. The number of ether oxygens (including phenoxy) is 1. The Balaban J connectivity index is 1.53. The van der Waals surface area contributed by atoms with Gasteiger partial charge >= 0.3 is 12.5 Å². The molecule has 4 rings (SSSR count). The number of fused-ring (bicyclic) bond motifs is 1. The molecule has 148 valence electrons. The number of aromatic nitrogens is 3. The molecule has 0 aliphatic carbocycles. The topological polar surface area (TPSA) is 62.8 Å². The minimum absolute atomic E-state index is 0.291. The van der Waals surface area contributed by atoms with Gasteiger partial charge in [-0.2, -0.15) is 17.6 Å². The second kappa shape index (κ2) is 7.42. The number of hydrogen-bond donors (Lipinski definition) is 2. The van der Waals surface area contributed by atoms with Crippen LogP contribution in [0.5, 0.6) is 5.75 Å². The molecule has 0 amide bonds. The lowest BCUT2D eigenvalue weighted by Crippen LogP contribution is -2.33. The average molecular weight is 402 g/mol. The Kier molecular flexibility index (Phi) is 4.79. The van der Waals surface area contributed by atoms with Crippen LogP contribution in [-0.4, -0.2) is 27.5 Å². The first-order valence-corrected chi connectivity index (χ1v) is 8.54. The lowest BCUT2D eigenvalue weighted by molar-refractivity contribution is -0.253. The van der Waals surface area contributed by atoms with Crippen molar-refractivity contribution in [2.45, 2.75) is 12.5 Å². The van der Waals surface area contributed by atoms with Crippen LogP contribution in [0.4, 0.5) is 29.2 Å². The van der Waals surface area contributed by atoms with E-state index in [1.807, 2.05) is 30.5 Å². The average Bonchev–Trinajstić information content (AvgIpc) is 3.14. The Morgan fingerprint density at radius 2 is 1.76 bits per heavy atom. The van der Waals surface area contributed by atoms with Crippen molar-refractivity contribution < 1.29 is 22.3 Å². The van der Waals surface area contributed by atoms with E-state index in [1.165, 1.54) is 12.1 Å². The second-order valence-electron chi connectivity index (χ2n) is 6.13. The number of aromatic amines is 1. The highest BCUT2D eigenvalue weighted by Gasteiger charge is 2.43. The number of alkyl halides is 4. The van der Waals surface area contributed by atoms with Gasteiger partial charge in [-0.3, -0.25) is 0 Å². The Morgan fingerprint density at radius 3 is 2.52 bits per heavy atom. The van der Waals surface area contributed by atoms with E-state index < -0.39 is 12.5 Å². The first-order valence-electron chi connectivity index (χ1n) is 8.54. The summed E-state index contributed by atoms with van der Waals surface area (Å²) in [7, 11) is 0. The van der Waals surface area contributed by atoms with Gasteiger partial charge in [-0.15, -0.1) is 0 Å². The Labute approximate surface area is 162 Å². The molecule has 0 spiro atoms. The van der Waals surface area contributed by atoms with Crippen LogP contribution in [0.1, 0.15) is 0 Å². The molecule has 0 saturated heterocycles. The van der Waals surface area contributed by atoms with Gasteiger partial charge in [-0.1, -0.05) is 18.2 Å². The minimum atomic E-state index is -4.55. The van der Waals surface area contributed by atoms with Crippen LogP contribution < -0.4 is 10.1 Å². The largest absolute Gasteiger partial charge is 0.461 e. The summed E-state index contributed by atoms with van der Waals surface area (Å²) in [5.74, 6) is -0.0892. The number of rotatable bonds is 6. The molecule has 4 aromatic rings. The van der Waals surface area contributed by atoms with Gasteiger partial charge < -0.3 is 15.0 Å². The molecule has 0 aliphatic rings. The van der Waals surface area contributed by atoms with Gasteiger partial charge in [-0.05, 0) is 36.4 Å². The van der Waals surface area contributed by atoms with E-state index in [4.69, 9.17) is 0 Å². The minimum Gasteiger partial charge on any atom is -0.428 e. The normalized spacial score (nSPS) is 11.8. The van der Waals surface area contributed by atoms with Gasteiger partial charge in [0.05, 0.1) is 5.69 Å². The number of hydrogen-bond acceptors (Lipinski definition) is 4. The van der Waals surface area contributed by atoms with Crippen LogP contribution in [0, 0.1) is 0 Å². The zero-order chi connectivity index (χ0) is 20.4. The van der Waals surface area contributed by atoms with Gasteiger partial charge in [0.15, 0.2) is 0 Å². The molecule has 0 atom stereocenters. The third-order valence-electron chi connectivity index (χ3n) is 4.14. The molecule has 0 unspecified atom stereocenters. The van der Waals surface area contributed by atoms with E-state index in [-0.39, 0.29) is 5.75 Å². The van der Waals surface area contributed by atoms with E-state index >= 15 is 0 Å². The molecular formula is C20H14F4N4O. The molecule has 2 N–H and O–H groups in total. The monoisotopic (exact) mass is 402 g/mol. The van der Waals surface area contributed by atoms with Crippen molar-refractivity contribution in [2.24, 2.45) is 0 Å². The quantitative estimate of drug-likeness (QED) is 0.412. The van der Waals surface area contributed by atoms with Gasteiger partial charge in [0.25, 0.3) is 0 Å². The van der Waals surface area contributed by atoms with Gasteiger partial charge in [0.1, 0.15) is 5.75 Å². The van der Waals surface area contributed by atoms with Crippen molar-refractivity contribution in [3.63, 3.8) is 0 Å². The van der Waals surface area contributed by atoms with E-state index in [1.54, 1.807) is 12.3 Å². The van der Waals surface area contributed by atoms with Crippen LogP contribution in [0.2, 0.25) is 0 Å². The fourth-order valence-corrected chi connectivity index (χ4v) is 2.79. The summed E-state index contributed by atoms with van der Waals surface area (Å²) in [5, 5.41) is 3.96. The molecule has 0 saturated carbocycles. The summed E-state index contributed by atoms with van der Waals surface area (Å²) in [6.45, 7) is 0. The van der Waals surface area contributed by atoms with Crippen LogP contribution in [0.15, 0.2) is 67.0 Å². The fourth-order valence-electron chi connectivity index (χ4n) is 2.79. The Bertz CT molecular complexity index is 1130. The van der Waals surface area contributed by atoms with Gasteiger partial charge in [-0.25, -0.2) is 9.97 Å². The van der Waals surface area contributed by atoms with Crippen LogP contribution in [0.3, 0.4) is 0 Å². The van der Waals surface area contributed by atoms with Crippen molar-refractivity contribution in [3.05, 3.63) is 67.0 Å². The molecule has 2 aromatic carbocycles. The number of anilines is 2. The summed E-state index contributed by atoms with van der Waals surface area (Å²) >= 11 is 0. The molecule has 0 aliphatic heterocycles. The third-order valence-corrected chi connectivity index (χ3v) is 4.14. The van der Waals surface area contributed by atoms with E-state index in [9.17, 15) is 17.6 Å². The Morgan fingerprint density at radius 1 is 1.00 bits per heavy atom. The number of benzene rings is 2. The molecule has 29 heavy (non-hydrogen) atoms. The summed E-state index contributed by atoms with van der Waals surface area (Å²) in [5.41, 5.74) is 3.06. The highest BCUT2D eigenvalue weighted by atomic mass is 19.3. The lowest BCUT2D eigenvalue weighted by atomic mass is 10.1. The van der Waals surface area contributed by atoms with Crippen molar-refractivity contribution in [1.29, 1.82) is 0 Å². The fraction of sp³-hybridized carbons (Fsp3) is 0.100. The molecule has 9 heteroatoms. The highest BCUT2D eigenvalue weighted by molar-refractivity contribution is 5.94. The third kappa shape index (κ3) is 3.98. The highest BCUT2D eigenvalue weighted by Crippen LogP contribution is 2.30. The second-order valence-corrected chi connectivity index (χ2v) is 6.13. The van der Waals surface area contributed by atoms with Gasteiger partial charge in [0, 0.05) is 34.5 Å². The van der Waals surface area contributed by atoms with E-state index in [0.29, 0.717) is 17.3 Å². The van der Waals surface area contributed by atoms with E-state index in [0.717, 1.165) is 28.6 Å². The van der Waals surface area contributed by atoms with Crippen LogP contribution in [-0.2, 0) is 0 Å². The number of nitrogens with zero attached hydrogens (tertiary/aromatic N) is 2. The van der Waals surface area contributed by atoms with Crippen molar-refractivity contribution in [2.75, 3.05) is 5.32 Å². The smallest absolute Gasteiger partial charge is 0.428 e. The van der Waals surface area contributed by atoms with Crippen LogP contribution >= 0.6 is 0 Å². The van der Waals surface area contributed by atoms with Crippen molar-refractivity contribution >= 4 is 22.5 Å². The number of nitrogens with one attached hydrogen (secondary N) is 2. The first-order chi connectivity index (χ1) is 13.9. The maximum absolute atomic E-state index is 13.0. The number of para-hydroxylation sites is 1.